The minimum atomic E-state index is -3.25. The standard InChI is InChI=1S/C15H20Cl2N6O3S/c1-9-7-13(18-5-6-19-27(2,25)26)22-14(20-9)23-15(24)21-10-3-4-11(16)12(17)8-10/h3-4,7-8,14,19-20H,5-6H2,1-2H3,(H,18,22)(H2,21,23,24). The number of benzene rings is 1. The summed E-state index contributed by atoms with van der Waals surface area (Å²) in [5, 5.41) is 12.1. The third-order valence-corrected chi connectivity index (χ3v) is 4.70. The number of rotatable bonds is 6. The van der Waals surface area contributed by atoms with Gasteiger partial charge < -0.3 is 21.3 Å². The first-order valence-corrected chi connectivity index (χ1v) is 10.5. The molecule has 1 heterocycles. The van der Waals surface area contributed by atoms with E-state index in [0.717, 1.165) is 12.0 Å². The monoisotopic (exact) mass is 434 g/mol. The van der Waals surface area contributed by atoms with E-state index in [9.17, 15) is 13.2 Å². The smallest absolute Gasteiger partial charge is 0.322 e. The van der Waals surface area contributed by atoms with E-state index in [-0.39, 0.29) is 13.1 Å². The Kier molecular flexibility index (Phi) is 7.31. The van der Waals surface area contributed by atoms with E-state index >= 15 is 0 Å². The van der Waals surface area contributed by atoms with Crippen LogP contribution in [0.3, 0.4) is 0 Å². The largest absolute Gasteiger partial charge is 0.352 e. The maximum Gasteiger partial charge on any atom is 0.322 e. The van der Waals surface area contributed by atoms with Crippen LogP contribution in [0.2, 0.25) is 10.0 Å². The first kappa shape index (κ1) is 21.3. The van der Waals surface area contributed by atoms with Crippen LogP contribution in [0.25, 0.3) is 0 Å². The Balaban J connectivity index is 1.89. The molecule has 1 aliphatic heterocycles. The molecule has 148 valence electrons. The van der Waals surface area contributed by atoms with Crippen molar-refractivity contribution in [2.24, 2.45) is 4.99 Å². The van der Waals surface area contributed by atoms with Crippen molar-refractivity contribution in [3.8, 4) is 0 Å². The summed E-state index contributed by atoms with van der Waals surface area (Å²) in [6.07, 6.45) is 2.23. The van der Waals surface area contributed by atoms with Gasteiger partial charge in [0.1, 0.15) is 5.84 Å². The summed E-state index contributed by atoms with van der Waals surface area (Å²) in [5.74, 6) is 0.515. The minimum absolute atomic E-state index is 0.181. The van der Waals surface area contributed by atoms with Gasteiger partial charge in [0.2, 0.25) is 10.0 Å². The van der Waals surface area contributed by atoms with Crippen molar-refractivity contribution in [2.45, 2.75) is 13.2 Å². The van der Waals surface area contributed by atoms with E-state index < -0.39 is 22.3 Å². The van der Waals surface area contributed by atoms with Crippen molar-refractivity contribution in [2.75, 3.05) is 24.7 Å². The zero-order valence-corrected chi connectivity index (χ0v) is 17.0. The SMILES string of the molecule is CC1=CC(=NCCNS(C)(=O)=O)NC(NC(=O)Nc2ccc(Cl)c(Cl)c2)N1. The second-order valence-electron chi connectivity index (χ2n) is 5.71. The summed E-state index contributed by atoms with van der Waals surface area (Å²) in [5.41, 5.74) is 1.27. The van der Waals surface area contributed by atoms with Crippen molar-refractivity contribution in [1.29, 1.82) is 0 Å². The first-order chi connectivity index (χ1) is 12.6. The highest BCUT2D eigenvalue weighted by atomic mass is 35.5. The molecule has 1 aromatic rings. The van der Waals surface area contributed by atoms with Gasteiger partial charge >= 0.3 is 6.03 Å². The molecule has 0 spiro atoms. The molecule has 2 rings (SSSR count). The number of nitrogens with one attached hydrogen (secondary N) is 5. The summed E-state index contributed by atoms with van der Waals surface area (Å²) in [4.78, 5) is 16.4. The molecule has 9 nitrogen and oxygen atoms in total. The van der Waals surface area contributed by atoms with Crippen molar-refractivity contribution in [3.63, 3.8) is 0 Å². The number of urea groups is 1. The van der Waals surface area contributed by atoms with Crippen LogP contribution in [0.1, 0.15) is 6.92 Å². The molecule has 5 N–H and O–H groups in total. The van der Waals surface area contributed by atoms with Gasteiger partial charge in [-0.3, -0.25) is 4.99 Å². The molecule has 2 amide bonds. The number of anilines is 1. The molecule has 0 bridgehead atoms. The Morgan fingerprint density at radius 1 is 1.26 bits per heavy atom. The van der Waals surface area contributed by atoms with Crippen LogP contribution >= 0.6 is 23.2 Å². The average molecular weight is 435 g/mol. The fourth-order valence-corrected chi connectivity index (χ4v) is 2.90. The number of hydrogen-bond acceptors (Lipinski definition) is 5. The molecule has 1 aromatic carbocycles. The molecule has 1 unspecified atom stereocenters. The molecule has 1 aliphatic rings. The number of halogens is 2. The lowest BCUT2D eigenvalue weighted by molar-refractivity contribution is 0.245. The topological polar surface area (TPSA) is 124 Å². The fraction of sp³-hybridized carbons (Fsp3) is 0.333. The van der Waals surface area contributed by atoms with Gasteiger partial charge in [0.05, 0.1) is 22.8 Å². The summed E-state index contributed by atoms with van der Waals surface area (Å²) in [6.45, 7) is 2.25. The van der Waals surface area contributed by atoms with Crippen LogP contribution in [0.5, 0.6) is 0 Å². The Morgan fingerprint density at radius 3 is 2.67 bits per heavy atom. The maximum absolute atomic E-state index is 12.1. The lowest BCUT2D eigenvalue weighted by Crippen LogP contribution is -2.59. The summed E-state index contributed by atoms with van der Waals surface area (Å²) in [7, 11) is -3.25. The quantitative estimate of drug-likeness (QED) is 0.433. The molecule has 12 heteroatoms. The Bertz CT molecular complexity index is 872. The van der Waals surface area contributed by atoms with Crippen LogP contribution < -0.4 is 26.0 Å². The molecular weight excluding hydrogens is 415 g/mol. The zero-order valence-electron chi connectivity index (χ0n) is 14.6. The molecule has 0 aromatic heterocycles. The number of amidine groups is 1. The number of amides is 2. The van der Waals surface area contributed by atoms with Gasteiger partial charge in [-0.2, -0.15) is 0 Å². The molecule has 0 radical (unpaired) electrons. The van der Waals surface area contributed by atoms with Gasteiger partial charge in [0.15, 0.2) is 6.29 Å². The fourth-order valence-electron chi connectivity index (χ4n) is 2.14. The number of hydrogen-bond donors (Lipinski definition) is 5. The van der Waals surface area contributed by atoms with E-state index in [1.807, 2.05) is 6.92 Å². The Morgan fingerprint density at radius 2 is 2.00 bits per heavy atom. The van der Waals surface area contributed by atoms with Crippen LogP contribution in [0, 0.1) is 0 Å². The van der Waals surface area contributed by atoms with Crippen LogP contribution in [-0.2, 0) is 10.0 Å². The summed E-state index contributed by atoms with van der Waals surface area (Å²) < 4.78 is 24.4. The molecule has 0 aliphatic carbocycles. The van der Waals surface area contributed by atoms with Crippen LogP contribution in [-0.4, -0.2) is 45.9 Å². The summed E-state index contributed by atoms with van der Waals surface area (Å²) >= 11 is 11.8. The molecule has 1 atom stereocenters. The number of carbonyl (C=O) groups excluding carboxylic acids is 1. The van der Waals surface area contributed by atoms with Crippen molar-refractivity contribution in [1.82, 2.24) is 20.7 Å². The van der Waals surface area contributed by atoms with Gasteiger partial charge in [0.25, 0.3) is 0 Å². The van der Waals surface area contributed by atoms with E-state index in [0.29, 0.717) is 21.6 Å². The maximum atomic E-state index is 12.1. The van der Waals surface area contributed by atoms with Crippen LogP contribution in [0.15, 0.2) is 35.0 Å². The normalized spacial score (nSPS) is 18.3. The number of carbonyl (C=O) groups is 1. The second-order valence-corrected chi connectivity index (χ2v) is 8.36. The number of sulfonamides is 1. The number of nitrogens with zero attached hydrogens (tertiary/aromatic N) is 1. The average Bonchev–Trinajstić information content (AvgIpc) is 2.53. The third-order valence-electron chi connectivity index (χ3n) is 3.23. The lowest BCUT2D eigenvalue weighted by Gasteiger charge is -2.27. The highest BCUT2D eigenvalue weighted by molar-refractivity contribution is 7.88. The van der Waals surface area contributed by atoms with E-state index in [1.54, 1.807) is 18.2 Å². The van der Waals surface area contributed by atoms with Gasteiger partial charge in [-0.05, 0) is 31.2 Å². The van der Waals surface area contributed by atoms with Gasteiger partial charge in [-0.25, -0.2) is 17.9 Å². The second kappa shape index (κ2) is 9.27. The molecule has 0 saturated carbocycles. The van der Waals surface area contributed by atoms with Gasteiger partial charge in [0, 0.05) is 17.9 Å². The number of allylic oxidation sites excluding steroid dienone is 1. The zero-order chi connectivity index (χ0) is 20.0. The van der Waals surface area contributed by atoms with E-state index in [1.165, 1.54) is 6.07 Å². The Labute approximate surface area is 167 Å². The molecule has 0 fully saturated rings. The van der Waals surface area contributed by atoms with Crippen molar-refractivity contribution >= 4 is 50.8 Å². The van der Waals surface area contributed by atoms with E-state index in [4.69, 9.17) is 23.2 Å². The number of aliphatic imine (C=N–C) groups is 1. The molecular formula is C15H20Cl2N6O3S. The Hall–Kier alpha value is -2.01. The third kappa shape index (κ3) is 7.63. The highest BCUT2D eigenvalue weighted by Gasteiger charge is 2.17. The predicted octanol–water partition coefficient (Wildman–Crippen LogP) is 1.44. The summed E-state index contributed by atoms with van der Waals surface area (Å²) in [6, 6.07) is 4.28. The van der Waals surface area contributed by atoms with Crippen molar-refractivity contribution in [3.05, 3.63) is 40.0 Å². The first-order valence-electron chi connectivity index (χ1n) is 7.85. The predicted molar refractivity (Wildman–Crippen MR) is 108 cm³/mol. The van der Waals surface area contributed by atoms with Crippen LogP contribution in [0.4, 0.5) is 10.5 Å². The van der Waals surface area contributed by atoms with Crippen molar-refractivity contribution < 1.29 is 13.2 Å². The van der Waals surface area contributed by atoms with Gasteiger partial charge in [-0.15, -0.1) is 0 Å². The lowest BCUT2D eigenvalue weighted by atomic mass is 10.3. The minimum Gasteiger partial charge on any atom is -0.352 e. The highest BCUT2D eigenvalue weighted by Crippen LogP contribution is 2.24. The molecule has 0 saturated heterocycles. The molecule has 27 heavy (non-hydrogen) atoms. The van der Waals surface area contributed by atoms with E-state index in [2.05, 4.69) is 31.0 Å². The van der Waals surface area contributed by atoms with Gasteiger partial charge in [-0.1, -0.05) is 23.2 Å².